The van der Waals surface area contributed by atoms with E-state index in [1.807, 2.05) is 23.6 Å². The van der Waals surface area contributed by atoms with Crippen molar-refractivity contribution < 1.29 is 22.7 Å². The number of methoxy groups -OCH3 is 2. The third kappa shape index (κ3) is 4.27. The number of amides is 1. The molecule has 2 aromatic carbocycles. The van der Waals surface area contributed by atoms with E-state index < -0.39 is 9.84 Å². The molecule has 9 heteroatoms. The first-order valence-electron chi connectivity index (χ1n) is 9.48. The Balaban J connectivity index is 1.97. The zero-order chi connectivity index (χ0) is 21.9. The monoisotopic (exact) mass is 448 g/mol. The number of carbonyl (C=O) groups excluding carboxylic acids is 1. The Hall–Kier alpha value is -2.65. The van der Waals surface area contributed by atoms with E-state index >= 15 is 0 Å². The standard InChI is InChI=1S/C21H24N2O5S2/c1-5-23-19-16(27-3)11-12-17(28-4)20(19)29-21(23)22-18(24)13-14-7-9-15(10-8-14)30(25,26)6-2/h7-12H,5-6,13H2,1-4H3. The highest BCUT2D eigenvalue weighted by Gasteiger charge is 2.16. The molecule has 3 aromatic rings. The highest BCUT2D eigenvalue weighted by Crippen LogP contribution is 2.35. The number of carbonyl (C=O) groups is 1. The molecule has 0 saturated heterocycles. The van der Waals surface area contributed by atoms with Crippen molar-refractivity contribution in [3.8, 4) is 11.5 Å². The van der Waals surface area contributed by atoms with Gasteiger partial charge in [0.2, 0.25) is 0 Å². The van der Waals surface area contributed by atoms with E-state index in [1.54, 1.807) is 33.3 Å². The predicted octanol–water partition coefficient (Wildman–Crippen LogP) is 3.20. The van der Waals surface area contributed by atoms with Crippen LogP contribution in [0.2, 0.25) is 0 Å². The molecule has 1 amide bonds. The van der Waals surface area contributed by atoms with Crippen molar-refractivity contribution in [2.24, 2.45) is 4.99 Å². The highest BCUT2D eigenvalue weighted by molar-refractivity contribution is 7.91. The van der Waals surface area contributed by atoms with Crippen LogP contribution in [0.15, 0.2) is 46.3 Å². The van der Waals surface area contributed by atoms with E-state index in [0.717, 1.165) is 10.2 Å². The van der Waals surface area contributed by atoms with Crippen LogP contribution in [0.4, 0.5) is 0 Å². The Bertz CT molecular complexity index is 1240. The van der Waals surface area contributed by atoms with Gasteiger partial charge in [-0.05, 0) is 36.8 Å². The van der Waals surface area contributed by atoms with E-state index in [2.05, 4.69) is 4.99 Å². The lowest BCUT2D eigenvalue weighted by Crippen LogP contribution is -2.17. The summed E-state index contributed by atoms with van der Waals surface area (Å²) in [5.41, 5.74) is 1.54. The van der Waals surface area contributed by atoms with Crippen LogP contribution in [0.25, 0.3) is 10.2 Å². The van der Waals surface area contributed by atoms with E-state index in [9.17, 15) is 13.2 Å². The van der Waals surface area contributed by atoms with Gasteiger partial charge < -0.3 is 14.0 Å². The van der Waals surface area contributed by atoms with Crippen molar-refractivity contribution in [2.75, 3.05) is 20.0 Å². The van der Waals surface area contributed by atoms with Crippen molar-refractivity contribution in [3.63, 3.8) is 0 Å². The molecule has 0 unspecified atom stereocenters. The molecule has 0 N–H and O–H groups in total. The summed E-state index contributed by atoms with van der Waals surface area (Å²) in [5.74, 6) is 1.11. The number of hydrogen-bond acceptors (Lipinski definition) is 6. The smallest absolute Gasteiger partial charge is 0.252 e. The summed E-state index contributed by atoms with van der Waals surface area (Å²) in [6.07, 6.45) is 0.0820. The SMILES string of the molecule is CCn1c(=NC(=O)Cc2ccc(S(=O)(=O)CC)cc2)sc2c(OC)ccc(OC)c21. The summed E-state index contributed by atoms with van der Waals surface area (Å²) >= 11 is 1.37. The maximum absolute atomic E-state index is 12.6. The van der Waals surface area contributed by atoms with Crippen LogP contribution in [-0.4, -0.2) is 38.9 Å². The van der Waals surface area contributed by atoms with Crippen molar-refractivity contribution in [1.29, 1.82) is 0 Å². The fourth-order valence-electron chi connectivity index (χ4n) is 3.13. The first-order valence-corrected chi connectivity index (χ1v) is 11.9. The third-order valence-electron chi connectivity index (χ3n) is 4.75. The van der Waals surface area contributed by atoms with E-state index in [-0.39, 0.29) is 23.0 Å². The average Bonchev–Trinajstić information content (AvgIpc) is 3.11. The number of rotatable bonds is 7. The van der Waals surface area contributed by atoms with Gasteiger partial charge in [0.1, 0.15) is 21.7 Å². The van der Waals surface area contributed by atoms with Crippen molar-refractivity contribution in [1.82, 2.24) is 4.57 Å². The number of thiazole rings is 1. The van der Waals surface area contributed by atoms with Crippen LogP contribution < -0.4 is 14.3 Å². The number of fused-ring (bicyclic) bond motifs is 1. The second-order valence-corrected chi connectivity index (χ2v) is 9.76. The molecule has 0 saturated carbocycles. The van der Waals surface area contributed by atoms with Crippen LogP contribution >= 0.6 is 11.3 Å². The Morgan fingerprint density at radius 1 is 1.03 bits per heavy atom. The largest absolute Gasteiger partial charge is 0.495 e. The van der Waals surface area contributed by atoms with Gasteiger partial charge in [-0.25, -0.2) is 8.42 Å². The lowest BCUT2D eigenvalue weighted by atomic mass is 10.1. The molecule has 0 aliphatic rings. The molecule has 1 aromatic heterocycles. The molecule has 0 radical (unpaired) electrons. The fraction of sp³-hybridized carbons (Fsp3) is 0.333. The van der Waals surface area contributed by atoms with Gasteiger partial charge in [-0.15, -0.1) is 0 Å². The zero-order valence-electron chi connectivity index (χ0n) is 17.3. The number of aryl methyl sites for hydroxylation is 1. The molecule has 7 nitrogen and oxygen atoms in total. The van der Waals surface area contributed by atoms with Gasteiger partial charge >= 0.3 is 0 Å². The second-order valence-electron chi connectivity index (χ2n) is 6.51. The molecule has 30 heavy (non-hydrogen) atoms. The maximum atomic E-state index is 12.6. The molecule has 0 spiro atoms. The summed E-state index contributed by atoms with van der Waals surface area (Å²) in [6.45, 7) is 4.18. The first-order chi connectivity index (χ1) is 14.3. The molecule has 0 fully saturated rings. The minimum atomic E-state index is -3.26. The number of aromatic nitrogens is 1. The average molecular weight is 449 g/mol. The third-order valence-corrected chi connectivity index (χ3v) is 7.59. The van der Waals surface area contributed by atoms with Gasteiger partial charge in [0.05, 0.1) is 31.3 Å². The topological polar surface area (TPSA) is 87.0 Å². The van der Waals surface area contributed by atoms with Gasteiger partial charge in [0.15, 0.2) is 14.6 Å². The molecule has 0 aliphatic carbocycles. The van der Waals surface area contributed by atoms with Crippen molar-refractivity contribution >= 4 is 37.3 Å². The van der Waals surface area contributed by atoms with E-state index in [4.69, 9.17) is 9.47 Å². The first kappa shape index (κ1) is 22.0. The lowest BCUT2D eigenvalue weighted by molar-refractivity contribution is -0.117. The second kappa shape index (κ2) is 9.01. The number of nitrogens with zero attached hydrogens (tertiary/aromatic N) is 2. The molecular formula is C21H24N2O5S2. The van der Waals surface area contributed by atoms with Crippen molar-refractivity contribution in [3.05, 3.63) is 46.8 Å². The van der Waals surface area contributed by atoms with Gasteiger partial charge in [0, 0.05) is 6.54 Å². The summed E-state index contributed by atoms with van der Waals surface area (Å²) < 4.78 is 37.6. The Morgan fingerprint density at radius 2 is 1.67 bits per heavy atom. The Kier molecular flexibility index (Phi) is 6.62. The van der Waals surface area contributed by atoms with Gasteiger partial charge in [-0.1, -0.05) is 30.4 Å². The number of hydrogen-bond donors (Lipinski definition) is 0. The fourth-order valence-corrected chi connectivity index (χ4v) is 5.24. The minimum Gasteiger partial charge on any atom is -0.495 e. The van der Waals surface area contributed by atoms with Crippen LogP contribution in [0.3, 0.4) is 0 Å². The normalized spacial score (nSPS) is 12.3. The summed E-state index contributed by atoms with van der Waals surface area (Å²) in [5, 5.41) is 0. The zero-order valence-corrected chi connectivity index (χ0v) is 19.0. The molecule has 3 rings (SSSR count). The Labute approximate surface area is 179 Å². The van der Waals surface area contributed by atoms with Crippen LogP contribution in [-0.2, 0) is 27.6 Å². The van der Waals surface area contributed by atoms with Crippen molar-refractivity contribution in [2.45, 2.75) is 31.7 Å². The number of ether oxygens (including phenoxy) is 2. The lowest BCUT2D eigenvalue weighted by Gasteiger charge is -2.08. The maximum Gasteiger partial charge on any atom is 0.252 e. The van der Waals surface area contributed by atoms with Crippen LogP contribution in [0.1, 0.15) is 19.4 Å². The van der Waals surface area contributed by atoms with E-state index in [1.165, 1.54) is 23.5 Å². The summed E-state index contributed by atoms with van der Waals surface area (Å²) in [7, 11) is -0.0635. The summed E-state index contributed by atoms with van der Waals surface area (Å²) in [6, 6.07) is 10.0. The minimum absolute atomic E-state index is 0.0382. The molecule has 0 atom stereocenters. The molecule has 0 bridgehead atoms. The van der Waals surface area contributed by atoms with Crippen LogP contribution in [0, 0.1) is 0 Å². The highest BCUT2D eigenvalue weighted by atomic mass is 32.2. The van der Waals surface area contributed by atoms with Gasteiger partial charge in [-0.3, -0.25) is 4.79 Å². The predicted molar refractivity (Wildman–Crippen MR) is 117 cm³/mol. The molecule has 160 valence electrons. The molecule has 1 heterocycles. The van der Waals surface area contributed by atoms with E-state index in [0.29, 0.717) is 28.4 Å². The summed E-state index contributed by atoms with van der Waals surface area (Å²) in [4.78, 5) is 17.7. The Morgan fingerprint density at radius 3 is 2.23 bits per heavy atom. The number of sulfone groups is 1. The molecule has 0 aliphatic heterocycles. The molecular weight excluding hydrogens is 424 g/mol. The van der Waals surface area contributed by atoms with Gasteiger partial charge in [0.25, 0.3) is 5.91 Å². The quantitative estimate of drug-likeness (QED) is 0.554. The number of benzene rings is 2. The van der Waals surface area contributed by atoms with Crippen LogP contribution in [0.5, 0.6) is 11.5 Å². The van der Waals surface area contributed by atoms with Gasteiger partial charge in [-0.2, -0.15) is 4.99 Å².